The van der Waals surface area contributed by atoms with Crippen LogP contribution in [0.25, 0.3) is 0 Å². The molecule has 0 aliphatic carbocycles. The lowest BCUT2D eigenvalue weighted by molar-refractivity contribution is 0.320. The molecule has 0 atom stereocenters. The van der Waals surface area contributed by atoms with Crippen LogP contribution in [-0.4, -0.2) is 12.5 Å². The summed E-state index contributed by atoms with van der Waals surface area (Å²) in [5, 5.41) is 8.53. The van der Waals surface area contributed by atoms with Crippen LogP contribution in [0.15, 0.2) is 23.2 Å². The third-order valence-electron chi connectivity index (χ3n) is 2.12. The molecule has 0 N–H and O–H groups in total. The van der Waals surface area contributed by atoms with Crippen molar-refractivity contribution in [3.8, 4) is 6.19 Å². The van der Waals surface area contributed by atoms with Gasteiger partial charge in [-0.15, -0.1) is 4.99 Å². The Morgan fingerprint density at radius 3 is 2.44 bits per heavy atom. The Labute approximate surface area is 96.4 Å². The molecule has 0 aliphatic heterocycles. The molecule has 1 rings (SSSR count). The third-order valence-corrected chi connectivity index (χ3v) is 2.12. The predicted molar refractivity (Wildman–Crippen MR) is 64.3 cm³/mol. The minimum absolute atomic E-state index is 0.481. The van der Waals surface area contributed by atoms with E-state index in [0.29, 0.717) is 18.9 Å². The van der Waals surface area contributed by atoms with Crippen LogP contribution >= 0.6 is 0 Å². The van der Waals surface area contributed by atoms with Gasteiger partial charge in [-0.2, -0.15) is 5.26 Å². The first-order valence-corrected chi connectivity index (χ1v) is 5.31. The molecule has 0 aliphatic rings. The van der Waals surface area contributed by atoms with Gasteiger partial charge < -0.3 is 4.74 Å². The van der Waals surface area contributed by atoms with E-state index < -0.39 is 0 Å². The van der Waals surface area contributed by atoms with Crippen LogP contribution in [0.5, 0.6) is 0 Å². The molecule has 16 heavy (non-hydrogen) atoms. The highest BCUT2D eigenvalue weighted by Gasteiger charge is 2.03. The van der Waals surface area contributed by atoms with Gasteiger partial charge in [-0.1, -0.05) is 29.3 Å². The number of nitriles is 1. The topological polar surface area (TPSA) is 45.4 Å². The van der Waals surface area contributed by atoms with Crippen LogP contribution in [0.1, 0.15) is 23.6 Å². The summed E-state index contributed by atoms with van der Waals surface area (Å²) in [6.07, 6.45) is 2.34. The smallest absolute Gasteiger partial charge is 0.208 e. The van der Waals surface area contributed by atoms with Crippen molar-refractivity contribution in [2.24, 2.45) is 4.99 Å². The average molecular weight is 216 g/mol. The fourth-order valence-electron chi connectivity index (χ4n) is 1.69. The van der Waals surface area contributed by atoms with Crippen molar-refractivity contribution < 1.29 is 4.74 Å². The number of nitrogens with zero attached hydrogens (tertiary/aromatic N) is 2. The van der Waals surface area contributed by atoms with Crippen molar-refractivity contribution in [1.29, 1.82) is 5.26 Å². The van der Waals surface area contributed by atoms with Crippen LogP contribution in [0.4, 0.5) is 0 Å². The highest BCUT2D eigenvalue weighted by Crippen LogP contribution is 2.10. The van der Waals surface area contributed by atoms with Crippen molar-refractivity contribution in [2.45, 2.75) is 27.2 Å². The largest absolute Gasteiger partial charge is 0.480 e. The van der Waals surface area contributed by atoms with Gasteiger partial charge in [0.05, 0.1) is 6.61 Å². The number of aliphatic imine (C=N–C) groups is 1. The summed E-state index contributed by atoms with van der Waals surface area (Å²) in [5.74, 6) is 0.481. The maximum Gasteiger partial charge on any atom is 0.208 e. The number of ether oxygens (including phenoxy) is 1. The Hall–Kier alpha value is -1.82. The zero-order chi connectivity index (χ0) is 12.0. The summed E-state index contributed by atoms with van der Waals surface area (Å²) < 4.78 is 5.29. The number of rotatable bonds is 3. The number of aryl methyl sites for hydroxylation is 2. The Bertz CT molecular complexity index is 410. The molecule has 0 unspecified atom stereocenters. The molecule has 0 heterocycles. The lowest BCUT2D eigenvalue weighted by atomic mass is 10.1. The van der Waals surface area contributed by atoms with Crippen molar-refractivity contribution in [2.75, 3.05) is 6.61 Å². The maximum atomic E-state index is 8.53. The van der Waals surface area contributed by atoms with Gasteiger partial charge in [0.25, 0.3) is 0 Å². The average Bonchev–Trinajstić information content (AvgIpc) is 2.16. The van der Waals surface area contributed by atoms with E-state index in [0.717, 1.165) is 5.56 Å². The van der Waals surface area contributed by atoms with E-state index in [2.05, 4.69) is 37.0 Å². The third kappa shape index (κ3) is 3.74. The van der Waals surface area contributed by atoms with Crippen molar-refractivity contribution in [3.63, 3.8) is 0 Å². The van der Waals surface area contributed by atoms with E-state index in [1.165, 1.54) is 11.1 Å². The van der Waals surface area contributed by atoms with Gasteiger partial charge in [0.15, 0.2) is 0 Å². The van der Waals surface area contributed by atoms with Gasteiger partial charge in [0, 0.05) is 6.42 Å². The molecule has 0 saturated heterocycles. The zero-order valence-corrected chi connectivity index (χ0v) is 9.95. The lowest BCUT2D eigenvalue weighted by Crippen LogP contribution is -2.08. The van der Waals surface area contributed by atoms with Crippen molar-refractivity contribution in [1.82, 2.24) is 0 Å². The Morgan fingerprint density at radius 1 is 1.31 bits per heavy atom. The first-order valence-electron chi connectivity index (χ1n) is 5.31. The Kier molecular flexibility index (Phi) is 4.53. The molecule has 0 bridgehead atoms. The van der Waals surface area contributed by atoms with E-state index in [1.54, 1.807) is 6.19 Å². The standard InChI is InChI=1S/C13H16N2O/c1-4-16-13(15-9-14)8-12-6-10(2)5-11(3)7-12/h5-7H,4,8H2,1-3H3. The fourth-order valence-corrected chi connectivity index (χ4v) is 1.69. The summed E-state index contributed by atoms with van der Waals surface area (Å²) in [7, 11) is 0. The summed E-state index contributed by atoms with van der Waals surface area (Å²) in [5.41, 5.74) is 3.55. The number of benzene rings is 1. The van der Waals surface area contributed by atoms with Crippen LogP contribution in [0.2, 0.25) is 0 Å². The van der Waals surface area contributed by atoms with Crippen LogP contribution < -0.4 is 0 Å². The second kappa shape index (κ2) is 5.92. The minimum Gasteiger partial charge on any atom is -0.480 e. The SMILES string of the molecule is CCOC(Cc1cc(C)cc(C)c1)=NC#N. The fraction of sp³-hybridized carbons (Fsp3) is 0.385. The monoisotopic (exact) mass is 216 g/mol. The lowest BCUT2D eigenvalue weighted by Gasteiger charge is -2.07. The molecule has 0 aromatic heterocycles. The van der Waals surface area contributed by atoms with E-state index in [4.69, 9.17) is 10.00 Å². The highest BCUT2D eigenvalue weighted by molar-refractivity contribution is 5.79. The van der Waals surface area contributed by atoms with Crippen molar-refractivity contribution >= 4 is 5.90 Å². The molecule has 3 heteroatoms. The molecule has 1 aromatic rings. The summed E-state index contributed by atoms with van der Waals surface area (Å²) >= 11 is 0. The normalized spacial score (nSPS) is 11.0. The molecular weight excluding hydrogens is 200 g/mol. The molecule has 0 spiro atoms. The second-order valence-electron chi connectivity index (χ2n) is 3.71. The van der Waals surface area contributed by atoms with Gasteiger partial charge in [-0.05, 0) is 26.3 Å². The molecule has 0 saturated carbocycles. The molecule has 84 valence electrons. The first kappa shape index (κ1) is 12.3. The summed E-state index contributed by atoms with van der Waals surface area (Å²) in [6, 6.07) is 6.28. The molecule has 0 amide bonds. The highest BCUT2D eigenvalue weighted by atomic mass is 16.5. The van der Waals surface area contributed by atoms with E-state index in [1.807, 2.05) is 6.92 Å². The second-order valence-corrected chi connectivity index (χ2v) is 3.71. The van der Waals surface area contributed by atoms with Gasteiger partial charge in [0.1, 0.15) is 0 Å². The Balaban J connectivity index is 2.86. The first-order chi connectivity index (χ1) is 7.65. The maximum absolute atomic E-state index is 8.53. The molecule has 0 fully saturated rings. The molecular formula is C13H16N2O. The number of hydrogen-bond donors (Lipinski definition) is 0. The van der Waals surface area contributed by atoms with E-state index >= 15 is 0 Å². The zero-order valence-electron chi connectivity index (χ0n) is 9.95. The number of hydrogen-bond acceptors (Lipinski definition) is 3. The molecule has 0 radical (unpaired) electrons. The minimum atomic E-state index is 0.481. The summed E-state index contributed by atoms with van der Waals surface area (Å²) in [4.78, 5) is 3.67. The Morgan fingerprint density at radius 2 is 1.94 bits per heavy atom. The summed E-state index contributed by atoms with van der Waals surface area (Å²) in [6.45, 7) is 6.52. The van der Waals surface area contributed by atoms with Gasteiger partial charge in [-0.25, -0.2) is 0 Å². The van der Waals surface area contributed by atoms with E-state index in [-0.39, 0.29) is 0 Å². The van der Waals surface area contributed by atoms with Crippen molar-refractivity contribution in [3.05, 3.63) is 34.9 Å². The predicted octanol–water partition coefficient (Wildman–Crippen LogP) is 2.76. The quantitative estimate of drug-likeness (QED) is 0.443. The van der Waals surface area contributed by atoms with Gasteiger partial charge in [0.2, 0.25) is 12.1 Å². The van der Waals surface area contributed by atoms with Gasteiger partial charge >= 0.3 is 0 Å². The van der Waals surface area contributed by atoms with Gasteiger partial charge in [-0.3, -0.25) is 0 Å². The van der Waals surface area contributed by atoms with Crippen LogP contribution in [-0.2, 0) is 11.2 Å². The van der Waals surface area contributed by atoms with Crippen LogP contribution in [0, 0.1) is 25.3 Å². The molecule has 3 nitrogen and oxygen atoms in total. The molecule has 1 aromatic carbocycles. The van der Waals surface area contributed by atoms with Crippen LogP contribution in [0.3, 0.4) is 0 Å². The van der Waals surface area contributed by atoms with E-state index in [9.17, 15) is 0 Å².